The molecule has 1 N–H and O–H groups in total. The van der Waals surface area contributed by atoms with Crippen molar-refractivity contribution in [2.45, 2.75) is 26.3 Å². The number of nitrogens with one attached hydrogen (secondary N) is 1. The second kappa shape index (κ2) is 5.88. The molecule has 0 radical (unpaired) electrons. The van der Waals surface area contributed by atoms with E-state index in [2.05, 4.69) is 33.3 Å². The Morgan fingerprint density at radius 1 is 1.50 bits per heavy atom. The Labute approximate surface area is 110 Å². The average molecular weight is 243 g/mol. The lowest BCUT2D eigenvalue weighted by molar-refractivity contribution is 0.749. The molecule has 1 aromatic rings. The van der Waals surface area contributed by atoms with Crippen LogP contribution in [0.15, 0.2) is 12.1 Å². The van der Waals surface area contributed by atoms with Crippen molar-refractivity contribution in [2.75, 3.05) is 25.0 Å². The molecule has 0 amide bonds. The maximum Gasteiger partial charge on any atom is 0.129 e. The lowest BCUT2D eigenvalue weighted by Gasteiger charge is -2.22. The zero-order valence-electron chi connectivity index (χ0n) is 11.2. The summed E-state index contributed by atoms with van der Waals surface area (Å²) in [5, 5.41) is 3.18. The second-order valence-electron chi connectivity index (χ2n) is 5.03. The molecular weight excluding hydrogens is 222 g/mol. The number of anilines is 1. The Balaban J connectivity index is 2.19. The van der Waals surface area contributed by atoms with E-state index in [1.165, 1.54) is 18.4 Å². The third-order valence-corrected chi connectivity index (χ3v) is 3.16. The van der Waals surface area contributed by atoms with Crippen molar-refractivity contribution in [3.05, 3.63) is 23.4 Å². The van der Waals surface area contributed by atoms with Crippen LogP contribution in [0, 0.1) is 25.2 Å². The fourth-order valence-electron chi connectivity index (χ4n) is 2.15. The molecule has 2 rings (SSSR count). The van der Waals surface area contributed by atoms with E-state index in [0.717, 1.165) is 30.5 Å². The molecule has 1 fully saturated rings. The minimum absolute atomic E-state index is 0.645. The molecule has 3 nitrogen and oxygen atoms in total. The van der Waals surface area contributed by atoms with Crippen molar-refractivity contribution in [1.29, 1.82) is 0 Å². The van der Waals surface area contributed by atoms with Gasteiger partial charge < -0.3 is 10.2 Å². The van der Waals surface area contributed by atoms with Gasteiger partial charge in [0.15, 0.2) is 0 Å². The number of hydrogen-bond acceptors (Lipinski definition) is 3. The highest BCUT2D eigenvalue weighted by Gasteiger charge is 2.24. The van der Waals surface area contributed by atoms with Crippen LogP contribution in [-0.2, 0) is 6.54 Å². The quantitative estimate of drug-likeness (QED) is 0.774. The molecule has 1 saturated carbocycles. The van der Waals surface area contributed by atoms with Crippen molar-refractivity contribution >= 4 is 5.82 Å². The highest BCUT2D eigenvalue weighted by atomic mass is 15.2. The Hall–Kier alpha value is -1.53. The van der Waals surface area contributed by atoms with Crippen molar-refractivity contribution in [1.82, 2.24) is 10.3 Å². The molecule has 96 valence electrons. The third kappa shape index (κ3) is 3.48. The van der Waals surface area contributed by atoms with E-state index in [0.29, 0.717) is 6.54 Å². The van der Waals surface area contributed by atoms with Gasteiger partial charge in [0.1, 0.15) is 5.82 Å². The number of aromatic nitrogens is 1. The minimum atomic E-state index is 0.645. The molecule has 0 atom stereocenters. The Morgan fingerprint density at radius 2 is 2.28 bits per heavy atom. The number of nitrogens with zero attached hydrogens (tertiary/aromatic N) is 2. The third-order valence-electron chi connectivity index (χ3n) is 3.16. The molecule has 18 heavy (non-hydrogen) atoms. The number of terminal acetylenes is 1. The van der Waals surface area contributed by atoms with Gasteiger partial charge in [-0.15, -0.1) is 6.42 Å². The lowest BCUT2D eigenvalue weighted by Crippen LogP contribution is -2.27. The largest absolute Gasteiger partial charge is 0.345 e. The fourth-order valence-corrected chi connectivity index (χ4v) is 2.15. The van der Waals surface area contributed by atoms with Crippen LogP contribution in [-0.4, -0.2) is 25.1 Å². The highest BCUT2D eigenvalue weighted by molar-refractivity contribution is 5.44. The Bertz CT molecular complexity index is 444. The molecule has 0 bridgehead atoms. The summed E-state index contributed by atoms with van der Waals surface area (Å²) >= 11 is 0. The topological polar surface area (TPSA) is 28.2 Å². The monoisotopic (exact) mass is 243 g/mol. The first-order chi connectivity index (χ1) is 8.72. The molecular formula is C15H21N3. The van der Waals surface area contributed by atoms with Gasteiger partial charge in [0.2, 0.25) is 0 Å². The normalized spacial score (nSPS) is 14.3. The van der Waals surface area contributed by atoms with Gasteiger partial charge in [-0.25, -0.2) is 4.98 Å². The van der Waals surface area contributed by atoms with E-state index in [1.807, 2.05) is 14.0 Å². The van der Waals surface area contributed by atoms with Gasteiger partial charge in [-0.1, -0.05) is 5.92 Å². The first-order valence-electron chi connectivity index (χ1n) is 6.53. The number of pyridine rings is 1. The summed E-state index contributed by atoms with van der Waals surface area (Å²) in [4.78, 5) is 6.84. The van der Waals surface area contributed by atoms with E-state index in [-0.39, 0.29) is 0 Å². The molecule has 0 aliphatic heterocycles. The molecule has 1 heterocycles. The molecule has 0 spiro atoms. The molecule has 1 aliphatic carbocycles. The molecule has 1 aliphatic rings. The van der Waals surface area contributed by atoms with Gasteiger partial charge in [-0.2, -0.15) is 0 Å². The second-order valence-corrected chi connectivity index (χ2v) is 5.03. The van der Waals surface area contributed by atoms with E-state index in [1.54, 1.807) is 0 Å². The first kappa shape index (κ1) is 12.9. The zero-order valence-corrected chi connectivity index (χ0v) is 11.2. The van der Waals surface area contributed by atoms with Crippen LogP contribution < -0.4 is 10.2 Å². The van der Waals surface area contributed by atoms with Gasteiger partial charge in [0, 0.05) is 18.8 Å². The number of aryl methyl sites for hydroxylation is 1. The maximum atomic E-state index is 5.47. The Morgan fingerprint density at radius 3 is 2.89 bits per heavy atom. The van der Waals surface area contributed by atoms with Gasteiger partial charge in [0.05, 0.1) is 6.54 Å². The average Bonchev–Trinajstić information content (AvgIpc) is 3.12. The summed E-state index contributed by atoms with van der Waals surface area (Å²) in [5.74, 6) is 4.57. The fraction of sp³-hybridized carbons (Fsp3) is 0.533. The van der Waals surface area contributed by atoms with Crippen LogP contribution >= 0.6 is 0 Å². The summed E-state index contributed by atoms with van der Waals surface area (Å²) < 4.78 is 0. The van der Waals surface area contributed by atoms with E-state index in [9.17, 15) is 0 Å². The zero-order chi connectivity index (χ0) is 13.0. The summed E-state index contributed by atoms with van der Waals surface area (Å²) in [6, 6.07) is 4.26. The summed E-state index contributed by atoms with van der Waals surface area (Å²) in [7, 11) is 1.96. The minimum Gasteiger partial charge on any atom is -0.345 e. The molecule has 1 aromatic heterocycles. The maximum absolute atomic E-state index is 5.47. The SMILES string of the molecule is C#CCN(CC1CC1)c1cc(CNC)cc(C)n1. The summed E-state index contributed by atoms with van der Waals surface area (Å²) in [6.07, 6.45) is 8.13. The van der Waals surface area contributed by atoms with Gasteiger partial charge in [0.25, 0.3) is 0 Å². The van der Waals surface area contributed by atoms with Crippen LogP contribution in [0.1, 0.15) is 24.1 Å². The summed E-state index contributed by atoms with van der Waals surface area (Å²) in [6.45, 7) is 4.59. The van der Waals surface area contributed by atoms with Crippen LogP contribution in [0.2, 0.25) is 0 Å². The van der Waals surface area contributed by atoms with Crippen molar-refractivity contribution in [3.63, 3.8) is 0 Å². The van der Waals surface area contributed by atoms with E-state index < -0.39 is 0 Å². The molecule has 0 saturated heterocycles. The van der Waals surface area contributed by atoms with Crippen molar-refractivity contribution in [2.24, 2.45) is 5.92 Å². The van der Waals surface area contributed by atoms with Crippen LogP contribution in [0.4, 0.5) is 5.82 Å². The predicted octanol–water partition coefficient (Wildman–Crippen LogP) is 1.96. The lowest BCUT2D eigenvalue weighted by atomic mass is 10.2. The van der Waals surface area contributed by atoms with Crippen LogP contribution in [0.3, 0.4) is 0 Å². The van der Waals surface area contributed by atoms with Crippen LogP contribution in [0.5, 0.6) is 0 Å². The van der Waals surface area contributed by atoms with E-state index in [4.69, 9.17) is 6.42 Å². The predicted molar refractivity (Wildman–Crippen MR) is 75.5 cm³/mol. The van der Waals surface area contributed by atoms with Gasteiger partial charge in [-0.05, 0) is 50.4 Å². The summed E-state index contributed by atoms with van der Waals surface area (Å²) in [5.41, 5.74) is 2.31. The van der Waals surface area contributed by atoms with Crippen LogP contribution in [0.25, 0.3) is 0 Å². The molecule has 3 heteroatoms. The van der Waals surface area contributed by atoms with Crippen molar-refractivity contribution in [3.8, 4) is 12.3 Å². The van der Waals surface area contributed by atoms with E-state index >= 15 is 0 Å². The highest BCUT2D eigenvalue weighted by Crippen LogP contribution is 2.31. The van der Waals surface area contributed by atoms with Gasteiger partial charge in [-0.3, -0.25) is 0 Å². The standard InChI is InChI=1S/C15H21N3/c1-4-7-18(11-13-5-6-13)15-9-14(10-16-3)8-12(2)17-15/h1,8-9,13,16H,5-7,10-11H2,2-3H3. The number of rotatable bonds is 6. The van der Waals surface area contributed by atoms with Crippen molar-refractivity contribution < 1.29 is 0 Å². The molecule has 0 aromatic carbocycles. The number of hydrogen-bond donors (Lipinski definition) is 1. The first-order valence-corrected chi connectivity index (χ1v) is 6.53. The smallest absolute Gasteiger partial charge is 0.129 e. The Kier molecular flexibility index (Phi) is 4.22. The van der Waals surface area contributed by atoms with Gasteiger partial charge >= 0.3 is 0 Å². The molecule has 0 unspecified atom stereocenters.